The third-order valence-electron chi connectivity index (χ3n) is 4.98. The van der Waals surface area contributed by atoms with Crippen molar-refractivity contribution in [3.8, 4) is 0 Å². The molecule has 0 aliphatic rings. The molecule has 0 aliphatic heterocycles. The van der Waals surface area contributed by atoms with E-state index in [1.165, 1.54) is 29.2 Å². The molecule has 0 fully saturated rings. The zero-order valence-electron chi connectivity index (χ0n) is 18.6. The molecule has 0 aliphatic carbocycles. The molecule has 32 heavy (non-hydrogen) atoms. The van der Waals surface area contributed by atoms with Crippen LogP contribution in [0.5, 0.6) is 0 Å². The Kier molecular flexibility index (Phi) is 9.34. The van der Waals surface area contributed by atoms with Gasteiger partial charge in [-0.1, -0.05) is 31.2 Å². The van der Waals surface area contributed by atoms with Crippen LogP contribution in [0.3, 0.4) is 0 Å². The Balaban J connectivity index is 2.11. The van der Waals surface area contributed by atoms with E-state index in [1.807, 2.05) is 0 Å². The Hall–Kier alpha value is -2.78. The van der Waals surface area contributed by atoms with Crippen molar-refractivity contribution in [2.75, 3.05) is 13.1 Å². The summed E-state index contributed by atoms with van der Waals surface area (Å²) >= 11 is 0. The van der Waals surface area contributed by atoms with Crippen molar-refractivity contribution >= 4 is 21.8 Å². The van der Waals surface area contributed by atoms with Crippen LogP contribution in [0.1, 0.15) is 38.3 Å². The Labute approximate surface area is 189 Å². The average Bonchev–Trinajstić information content (AvgIpc) is 2.77. The molecule has 2 amide bonds. The SMILES string of the molecule is CCNC(=O)C(C)N(Cc1ccc(F)cc1)C(=O)CCc1ccc(S(=O)(=O)NCC)cc1. The molecule has 2 aromatic carbocycles. The zero-order chi connectivity index (χ0) is 23.7. The Morgan fingerprint density at radius 1 is 0.969 bits per heavy atom. The Bertz CT molecular complexity index is 1010. The third-order valence-corrected chi connectivity index (χ3v) is 6.54. The molecule has 174 valence electrons. The first-order chi connectivity index (χ1) is 15.2. The molecule has 0 spiro atoms. The molecule has 0 heterocycles. The number of aryl methyl sites for hydroxylation is 1. The second-order valence-electron chi connectivity index (χ2n) is 7.36. The van der Waals surface area contributed by atoms with Gasteiger partial charge in [0.1, 0.15) is 11.9 Å². The van der Waals surface area contributed by atoms with Crippen molar-refractivity contribution in [2.24, 2.45) is 0 Å². The minimum Gasteiger partial charge on any atom is -0.355 e. The number of hydrogen-bond acceptors (Lipinski definition) is 4. The van der Waals surface area contributed by atoms with Crippen molar-refractivity contribution in [1.29, 1.82) is 0 Å². The van der Waals surface area contributed by atoms with Gasteiger partial charge in [-0.05, 0) is 55.7 Å². The molecule has 0 radical (unpaired) electrons. The van der Waals surface area contributed by atoms with E-state index in [9.17, 15) is 22.4 Å². The van der Waals surface area contributed by atoms with Gasteiger partial charge in [0, 0.05) is 26.1 Å². The van der Waals surface area contributed by atoms with Crippen LogP contribution in [0.25, 0.3) is 0 Å². The fraction of sp³-hybridized carbons (Fsp3) is 0.391. The molecule has 0 bridgehead atoms. The predicted molar refractivity (Wildman–Crippen MR) is 121 cm³/mol. The predicted octanol–water partition coefficient (Wildman–Crippen LogP) is 2.61. The van der Waals surface area contributed by atoms with Gasteiger partial charge in [0.25, 0.3) is 0 Å². The molecule has 9 heteroatoms. The van der Waals surface area contributed by atoms with E-state index >= 15 is 0 Å². The van der Waals surface area contributed by atoms with Crippen molar-refractivity contribution in [2.45, 2.75) is 51.1 Å². The monoisotopic (exact) mass is 463 g/mol. The van der Waals surface area contributed by atoms with E-state index in [1.54, 1.807) is 45.0 Å². The highest BCUT2D eigenvalue weighted by Crippen LogP contribution is 2.15. The standard InChI is InChI=1S/C23H30FN3O4S/c1-4-25-23(29)17(3)27(16-19-6-11-20(24)12-7-19)22(28)15-10-18-8-13-21(14-9-18)32(30,31)26-5-2/h6-9,11-14,17,26H,4-5,10,15-16H2,1-3H3,(H,25,29). The molecule has 7 nitrogen and oxygen atoms in total. The van der Waals surface area contributed by atoms with Crippen LogP contribution in [0.2, 0.25) is 0 Å². The lowest BCUT2D eigenvalue weighted by Crippen LogP contribution is -2.47. The summed E-state index contributed by atoms with van der Waals surface area (Å²) in [6.07, 6.45) is 0.534. The number of nitrogens with zero attached hydrogens (tertiary/aromatic N) is 1. The summed E-state index contributed by atoms with van der Waals surface area (Å²) in [6, 6.07) is 11.5. The number of hydrogen-bond donors (Lipinski definition) is 2. The van der Waals surface area contributed by atoms with Crippen molar-refractivity contribution < 1.29 is 22.4 Å². The zero-order valence-corrected chi connectivity index (χ0v) is 19.4. The van der Waals surface area contributed by atoms with Crippen molar-refractivity contribution in [1.82, 2.24) is 14.9 Å². The molecule has 2 rings (SSSR count). The van der Waals surface area contributed by atoms with Crippen LogP contribution < -0.4 is 10.0 Å². The maximum atomic E-state index is 13.2. The molecule has 2 aromatic rings. The topological polar surface area (TPSA) is 95.6 Å². The maximum absolute atomic E-state index is 13.2. The number of benzene rings is 2. The number of carbonyl (C=O) groups excluding carboxylic acids is 2. The molecule has 0 saturated heterocycles. The van der Waals surface area contributed by atoms with Gasteiger partial charge in [0.15, 0.2) is 0 Å². The van der Waals surface area contributed by atoms with Gasteiger partial charge >= 0.3 is 0 Å². The van der Waals surface area contributed by atoms with Gasteiger partial charge in [-0.2, -0.15) is 0 Å². The summed E-state index contributed by atoms with van der Waals surface area (Å²) < 4.78 is 39.8. The molecule has 0 saturated carbocycles. The van der Waals surface area contributed by atoms with E-state index in [0.29, 0.717) is 25.1 Å². The van der Waals surface area contributed by atoms with Crippen LogP contribution in [0.4, 0.5) is 4.39 Å². The number of amides is 2. The van der Waals surface area contributed by atoms with E-state index in [4.69, 9.17) is 0 Å². The van der Waals surface area contributed by atoms with Gasteiger partial charge in [-0.25, -0.2) is 17.5 Å². The molecular formula is C23H30FN3O4S. The van der Waals surface area contributed by atoms with Crippen LogP contribution in [0, 0.1) is 5.82 Å². The summed E-state index contributed by atoms with van der Waals surface area (Å²) in [5.41, 5.74) is 1.52. The van der Waals surface area contributed by atoms with Crippen molar-refractivity contribution in [3.63, 3.8) is 0 Å². The summed E-state index contributed by atoms with van der Waals surface area (Å²) in [5, 5.41) is 2.72. The minimum absolute atomic E-state index is 0.143. The van der Waals surface area contributed by atoms with Crippen LogP contribution in [-0.2, 0) is 32.6 Å². The number of carbonyl (C=O) groups is 2. The van der Waals surface area contributed by atoms with Crippen molar-refractivity contribution in [3.05, 3.63) is 65.5 Å². The number of likely N-dealkylation sites (N-methyl/N-ethyl adjacent to an activating group) is 1. The van der Waals surface area contributed by atoms with E-state index in [0.717, 1.165) is 5.56 Å². The normalized spacial score (nSPS) is 12.2. The lowest BCUT2D eigenvalue weighted by molar-refractivity contribution is -0.140. The van der Waals surface area contributed by atoms with Crippen LogP contribution in [0.15, 0.2) is 53.4 Å². The number of sulfonamides is 1. The van der Waals surface area contributed by atoms with Gasteiger partial charge in [0.2, 0.25) is 21.8 Å². The molecule has 0 aromatic heterocycles. The Morgan fingerprint density at radius 3 is 2.12 bits per heavy atom. The molecule has 2 N–H and O–H groups in total. The summed E-state index contributed by atoms with van der Waals surface area (Å²) in [4.78, 5) is 27.0. The van der Waals surface area contributed by atoms with Gasteiger partial charge < -0.3 is 10.2 Å². The first kappa shape index (κ1) is 25.5. The largest absolute Gasteiger partial charge is 0.355 e. The Morgan fingerprint density at radius 2 is 1.56 bits per heavy atom. The molecule has 1 atom stereocenters. The first-order valence-electron chi connectivity index (χ1n) is 10.6. The fourth-order valence-corrected chi connectivity index (χ4v) is 4.24. The lowest BCUT2D eigenvalue weighted by Gasteiger charge is -2.28. The quantitative estimate of drug-likeness (QED) is 0.536. The fourth-order valence-electron chi connectivity index (χ4n) is 3.19. The molecule has 1 unspecified atom stereocenters. The van der Waals surface area contributed by atoms with Gasteiger partial charge in [-0.15, -0.1) is 0 Å². The van der Waals surface area contributed by atoms with E-state index in [-0.39, 0.29) is 35.5 Å². The first-order valence-corrected chi connectivity index (χ1v) is 12.1. The summed E-state index contributed by atoms with van der Waals surface area (Å²) in [7, 11) is -3.53. The average molecular weight is 464 g/mol. The smallest absolute Gasteiger partial charge is 0.242 e. The summed E-state index contributed by atoms with van der Waals surface area (Å²) in [6.45, 7) is 6.09. The van der Waals surface area contributed by atoms with Crippen LogP contribution in [-0.4, -0.2) is 44.3 Å². The second kappa shape index (κ2) is 11.7. The lowest BCUT2D eigenvalue weighted by atomic mass is 10.1. The van der Waals surface area contributed by atoms with Crippen LogP contribution >= 0.6 is 0 Å². The highest BCUT2D eigenvalue weighted by atomic mass is 32.2. The highest BCUT2D eigenvalue weighted by molar-refractivity contribution is 7.89. The third kappa shape index (κ3) is 7.13. The minimum atomic E-state index is -3.53. The molecular weight excluding hydrogens is 433 g/mol. The number of nitrogens with one attached hydrogen (secondary N) is 2. The second-order valence-corrected chi connectivity index (χ2v) is 9.13. The van der Waals surface area contributed by atoms with E-state index < -0.39 is 16.1 Å². The van der Waals surface area contributed by atoms with Gasteiger partial charge in [-0.3, -0.25) is 9.59 Å². The number of rotatable bonds is 11. The number of halogens is 1. The van der Waals surface area contributed by atoms with Gasteiger partial charge in [0.05, 0.1) is 4.90 Å². The summed E-state index contributed by atoms with van der Waals surface area (Å²) in [5.74, 6) is -0.860. The van der Waals surface area contributed by atoms with E-state index in [2.05, 4.69) is 10.0 Å². The maximum Gasteiger partial charge on any atom is 0.242 e. The highest BCUT2D eigenvalue weighted by Gasteiger charge is 2.25.